The Bertz CT molecular complexity index is 436. The molecule has 1 fully saturated rings. The molecule has 1 saturated heterocycles. The van der Waals surface area contributed by atoms with Crippen LogP contribution in [-0.4, -0.2) is 42.3 Å². The van der Waals surface area contributed by atoms with E-state index in [1.165, 1.54) is 12.8 Å². The summed E-state index contributed by atoms with van der Waals surface area (Å²) in [6, 6.07) is 6.19. The largest absolute Gasteiger partial charge is 0.395 e. The van der Waals surface area contributed by atoms with Gasteiger partial charge in [-0.05, 0) is 50.1 Å². The van der Waals surface area contributed by atoms with Crippen molar-refractivity contribution in [2.24, 2.45) is 0 Å². The van der Waals surface area contributed by atoms with E-state index >= 15 is 0 Å². The highest BCUT2D eigenvalue weighted by Gasteiger charge is 2.23. The third-order valence-electron chi connectivity index (χ3n) is 3.96. The number of hydrogen-bond donors (Lipinski definition) is 2. The molecule has 1 aliphatic heterocycles. The second-order valence-electron chi connectivity index (χ2n) is 5.35. The molecule has 0 bridgehead atoms. The summed E-state index contributed by atoms with van der Waals surface area (Å²) in [5, 5.41) is 14.2. The minimum atomic E-state index is 0.135. The van der Waals surface area contributed by atoms with E-state index in [1.54, 1.807) is 6.07 Å². The van der Waals surface area contributed by atoms with Gasteiger partial charge < -0.3 is 10.4 Å². The molecule has 2 N–H and O–H groups in total. The van der Waals surface area contributed by atoms with Gasteiger partial charge in [0.05, 0.1) is 6.61 Å². The highest BCUT2D eigenvalue weighted by Crippen LogP contribution is 2.30. The Morgan fingerprint density at radius 1 is 1.45 bits per heavy atom. The predicted molar refractivity (Wildman–Crippen MR) is 84.6 cm³/mol. The molecule has 0 saturated carbocycles. The Hall–Kier alpha value is -0.320. The van der Waals surface area contributed by atoms with E-state index in [4.69, 9.17) is 23.2 Å². The molecule has 1 aromatic rings. The van der Waals surface area contributed by atoms with Gasteiger partial charge in [0.25, 0.3) is 0 Å². The molecule has 0 aliphatic carbocycles. The predicted octanol–water partition coefficient (Wildman–Crippen LogP) is 3.10. The van der Waals surface area contributed by atoms with Gasteiger partial charge in [-0.1, -0.05) is 23.2 Å². The normalized spacial score (nSPS) is 20.6. The average Bonchev–Trinajstić information content (AvgIpc) is 2.93. The zero-order chi connectivity index (χ0) is 14.5. The molecule has 0 spiro atoms. The molecule has 5 heteroatoms. The molecule has 0 aromatic heterocycles. The lowest BCUT2D eigenvalue weighted by molar-refractivity contribution is 0.147. The molecule has 2 rings (SSSR count). The lowest BCUT2D eigenvalue weighted by Gasteiger charge is -2.31. The first-order valence-electron chi connectivity index (χ1n) is 7.15. The van der Waals surface area contributed by atoms with Gasteiger partial charge in [-0.3, -0.25) is 4.90 Å². The molecule has 112 valence electrons. The first-order chi connectivity index (χ1) is 9.61. The fourth-order valence-electron chi connectivity index (χ4n) is 2.80. The number of benzene rings is 1. The van der Waals surface area contributed by atoms with Crippen LogP contribution < -0.4 is 5.32 Å². The van der Waals surface area contributed by atoms with Crippen molar-refractivity contribution in [1.29, 1.82) is 0 Å². The maximum Gasteiger partial charge on any atom is 0.0558 e. The molecule has 2 unspecified atom stereocenters. The quantitative estimate of drug-likeness (QED) is 0.846. The molecule has 20 heavy (non-hydrogen) atoms. The Morgan fingerprint density at radius 3 is 2.90 bits per heavy atom. The Balaban J connectivity index is 2.12. The van der Waals surface area contributed by atoms with Gasteiger partial charge in [-0.2, -0.15) is 0 Å². The summed E-state index contributed by atoms with van der Waals surface area (Å²) in [6.45, 7) is 4.91. The molecular formula is C15H22Cl2N2O. The zero-order valence-corrected chi connectivity index (χ0v) is 13.3. The average molecular weight is 317 g/mol. The van der Waals surface area contributed by atoms with E-state index in [0.29, 0.717) is 17.6 Å². The summed E-state index contributed by atoms with van der Waals surface area (Å²) in [5.74, 6) is 0. The van der Waals surface area contributed by atoms with Crippen molar-refractivity contribution in [1.82, 2.24) is 10.2 Å². The number of nitrogens with one attached hydrogen (secondary N) is 1. The Kier molecular flexibility index (Phi) is 6.12. The summed E-state index contributed by atoms with van der Waals surface area (Å²) in [5.41, 5.74) is 1.02. The van der Waals surface area contributed by atoms with Crippen molar-refractivity contribution in [3.8, 4) is 0 Å². The zero-order valence-electron chi connectivity index (χ0n) is 11.8. The van der Waals surface area contributed by atoms with Gasteiger partial charge in [0.2, 0.25) is 0 Å². The monoisotopic (exact) mass is 316 g/mol. The van der Waals surface area contributed by atoms with Crippen LogP contribution in [0.25, 0.3) is 0 Å². The van der Waals surface area contributed by atoms with Crippen molar-refractivity contribution in [2.75, 3.05) is 26.2 Å². The van der Waals surface area contributed by atoms with Crippen molar-refractivity contribution in [3.05, 3.63) is 33.8 Å². The van der Waals surface area contributed by atoms with E-state index in [1.807, 2.05) is 12.1 Å². The summed E-state index contributed by atoms with van der Waals surface area (Å²) in [7, 11) is 0. The van der Waals surface area contributed by atoms with Crippen molar-refractivity contribution >= 4 is 23.2 Å². The minimum Gasteiger partial charge on any atom is -0.395 e. The molecule has 2 atom stereocenters. The maximum atomic E-state index is 9.31. The number of nitrogens with zero attached hydrogens (tertiary/aromatic N) is 1. The number of hydrogen-bond acceptors (Lipinski definition) is 3. The number of aliphatic hydroxyl groups excluding tert-OH is 1. The third-order valence-corrected chi connectivity index (χ3v) is 4.54. The van der Waals surface area contributed by atoms with Crippen LogP contribution in [-0.2, 0) is 0 Å². The van der Waals surface area contributed by atoms with Crippen LogP contribution in [0.5, 0.6) is 0 Å². The molecule has 0 radical (unpaired) electrons. The lowest BCUT2D eigenvalue weighted by atomic mass is 10.1. The van der Waals surface area contributed by atoms with E-state index in [0.717, 1.165) is 23.7 Å². The minimum absolute atomic E-state index is 0.135. The summed E-state index contributed by atoms with van der Waals surface area (Å²) in [6.07, 6.45) is 2.42. The molecular weight excluding hydrogens is 295 g/mol. The van der Waals surface area contributed by atoms with Gasteiger partial charge in [0.1, 0.15) is 0 Å². The molecule has 1 aromatic carbocycles. The van der Waals surface area contributed by atoms with Gasteiger partial charge in [0, 0.05) is 35.2 Å². The van der Waals surface area contributed by atoms with Crippen LogP contribution in [0.1, 0.15) is 31.4 Å². The van der Waals surface area contributed by atoms with Crippen LogP contribution >= 0.6 is 23.2 Å². The van der Waals surface area contributed by atoms with Crippen molar-refractivity contribution in [2.45, 2.75) is 31.8 Å². The summed E-state index contributed by atoms with van der Waals surface area (Å²) >= 11 is 12.4. The van der Waals surface area contributed by atoms with Crippen molar-refractivity contribution in [3.63, 3.8) is 0 Å². The van der Waals surface area contributed by atoms with Crippen LogP contribution in [0, 0.1) is 0 Å². The standard InChI is InChI=1S/C15H22Cl2N2O/c1-11(14-9-12(16)4-5-15(14)17)19(7-8-20)10-13-3-2-6-18-13/h4-5,9,11,13,18,20H,2-3,6-8,10H2,1H3. The number of aliphatic hydroxyl groups is 1. The van der Waals surface area contributed by atoms with Crippen LogP contribution in [0.4, 0.5) is 0 Å². The van der Waals surface area contributed by atoms with Crippen LogP contribution in [0.15, 0.2) is 18.2 Å². The number of halogens is 2. The Morgan fingerprint density at radius 2 is 2.25 bits per heavy atom. The van der Waals surface area contributed by atoms with Gasteiger partial charge in [-0.25, -0.2) is 0 Å². The molecule has 1 heterocycles. The highest BCUT2D eigenvalue weighted by molar-refractivity contribution is 6.33. The molecule has 1 aliphatic rings. The molecule has 3 nitrogen and oxygen atoms in total. The van der Waals surface area contributed by atoms with E-state index in [2.05, 4.69) is 17.1 Å². The van der Waals surface area contributed by atoms with Gasteiger partial charge in [0.15, 0.2) is 0 Å². The van der Waals surface area contributed by atoms with Gasteiger partial charge >= 0.3 is 0 Å². The third kappa shape index (κ3) is 4.09. The highest BCUT2D eigenvalue weighted by atomic mass is 35.5. The Labute approximate surface area is 130 Å². The lowest BCUT2D eigenvalue weighted by Crippen LogP contribution is -2.40. The van der Waals surface area contributed by atoms with E-state index < -0.39 is 0 Å². The van der Waals surface area contributed by atoms with E-state index in [-0.39, 0.29) is 12.6 Å². The van der Waals surface area contributed by atoms with Crippen LogP contribution in [0.2, 0.25) is 10.0 Å². The van der Waals surface area contributed by atoms with E-state index in [9.17, 15) is 5.11 Å². The summed E-state index contributed by atoms with van der Waals surface area (Å²) < 4.78 is 0. The fourth-order valence-corrected chi connectivity index (χ4v) is 3.25. The van der Waals surface area contributed by atoms with Crippen LogP contribution in [0.3, 0.4) is 0 Å². The smallest absolute Gasteiger partial charge is 0.0558 e. The summed E-state index contributed by atoms with van der Waals surface area (Å²) in [4.78, 5) is 2.26. The van der Waals surface area contributed by atoms with Crippen molar-refractivity contribution < 1.29 is 5.11 Å². The molecule has 0 amide bonds. The topological polar surface area (TPSA) is 35.5 Å². The second-order valence-corrected chi connectivity index (χ2v) is 6.20. The maximum absolute atomic E-state index is 9.31. The SMILES string of the molecule is CC(c1cc(Cl)ccc1Cl)N(CCO)CC1CCCN1. The first-order valence-corrected chi connectivity index (χ1v) is 7.90. The second kappa shape index (κ2) is 7.62. The number of rotatable bonds is 6. The first kappa shape index (κ1) is 16.1. The van der Waals surface area contributed by atoms with Gasteiger partial charge in [-0.15, -0.1) is 0 Å². The fraction of sp³-hybridized carbons (Fsp3) is 0.600.